The summed E-state index contributed by atoms with van der Waals surface area (Å²) in [5.74, 6) is -4.38. The molecule has 1 aromatic rings. The average Bonchev–Trinajstić information content (AvgIpc) is 3.17. The lowest BCUT2D eigenvalue weighted by Gasteiger charge is -2.55. The molecule has 168 valence electrons. The summed E-state index contributed by atoms with van der Waals surface area (Å²) in [6.07, 6.45) is 1.09. The van der Waals surface area contributed by atoms with Gasteiger partial charge < -0.3 is 9.84 Å². The van der Waals surface area contributed by atoms with Crippen LogP contribution >= 0.6 is 0 Å². The van der Waals surface area contributed by atoms with Crippen molar-refractivity contribution < 1.29 is 32.2 Å². The van der Waals surface area contributed by atoms with E-state index in [0.29, 0.717) is 12.5 Å². The molecule has 2 heterocycles. The zero-order valence-electron chi connectivity index (χ0n) is 16.7. The van der Waals surface area contributed by atoms with Gasteiger partial charge in [0.15, 0.2) is 0 Å². The van der Waals surface area contributed by atoms with Crippen molar-refractivity contribution >= 4 is 11.5 Å². The van der Waals surface area contributed by atoms with Crippen LogP contribution in [0, 0.1) is 11.3 Å². The fourth-order valence-corrected chi connectivity index (χ4v) is 5.47. The molecule has 2 N–H and O–H groups in total. The van der Waals surface area contributed by atoms with Crippen LogP contribution in [0.4, 0.5) is 17.6 Å². The van der Waals surface area contributed by atoms with Crippen LogP contribution in [0.1, 0.15) is 42.4 Å². The topological polar surface area (TPSA) is 85.6 Å². The number of nitriles is 1. The van der Waals surface area contributed by atoms with E-state index in [9.17, 15) is 23.1 Å². The molecule has 0 radical (unpaired) electrons. The Morgan fingerprint density at radius 3 is 2.75 bits per heavy atom. The van der Waals surface area contributed by atoms with Crippen molar-refractivity contribution in [3.05, 3.63) is 52.8 Å². The number of hydrogen-bond donors (Lipinski definition) is 2. The molecular formula is C22H19F4N3O3. The first-order chi connectivity index (χ1) is 15.1. The maximum absolute atomic E-state index is 16.6. The molecular weight excluding hydrogens is 430 g/mol. The highest BCUT2D eigenvalue weighted by atomic mass is 19.4. The average molecular weight is 449 g/mol. The highest BCUT2D eigenvalue weighted by Crippen LogP contribution is 2.59. The van der Waals surface area contributed by atoms with Crippen LogP contribution in [0.25, 0.3) is 5.57 Å². The summed E-state index contributed by atoms with van der Waals surface area (Å²) >= 11 is 0. The molecule has 4 aliphatic rings. The van der Waals surface area contributed by atoms with E-state index in [0.717, 1.165) is 25.3 Å². The summed E-state index contributed by atoms with van der Waals surface area (Å²) in [5.41, 5.74) is -4.46. The summed E-state index contributed by atoms with van der Waals surface area (Å²) in [6.45, 7) is 0.116. The molecule has 0 aromatic heterocycles. The number of alkyl halides is 4. The maximum Gasteiger partial charge on any atom is 0.417 e. The maximum atomic E-state index is 16.6. The normalized spacial score (nSPS) is 33.8. The highest BCUT2D eigenvalue weighted by molar-refractivity contribution is 5.95. The zero-order chi connectivity index (χ0) is 22.9. The lowest BCUT2D eigenvalue weighted by atomic mass is 9.72. The summed E-state index contributed by atoms with van der Waals surface area (Å²) in [7, 11) is 0. The van der Waals surface area contributed by atoms with Gasteiger partial charge in [-0.25, -0.2) is 4.79 Å². The van der Waals surface area contributed by atoms with Gasteiger partial charge in [-0.3, -0.25) is 10.2 Å². The third-order valence-corrected chi connectivity index (χ3v) is 6.95. The number of carbonyl (C=O) groups is 1. The minimum Gasteiger partial charge on any atom is -0.479 e. The fraction of sp³-hybridized carbons (Fsp3) is 0.455. The van der Waals surface area contributed by atoms with Crippen LogP contribution in [0.5, 0.6) is 0 Å². The number of fused-ring (bicyclic) bond motifs is 2. The van der Waals surface area contributed by atoms with Crippen LogP contribution < -0.4 is 5.32 Å². The van der Waals surface area contributed by atoms with E-state index in [4.69, 9.17) is 10.00 Å². The van der Waals surface area contributed by atoms with Crippen LogP contribution in [0.3, 0.4) is 0 Å². The molecule has 2 unspecified atom stereocenters. The standard InChI is InChI=1S/C22H19F4N3O3/c23-21-18(12-5-6-13(10-27)14(9-12)22(24,25)26)17(32-21)7-8-20(21,19(30)31)29-11-28-15-3-1-2-4-16(15)29/h5-9,15-16,28H,1-4,11H2,(H,30,31)/t15-,16-,20?,21?/m1/s1. The van der Waals surface area contributed by atoms with Gasteiger partial charge in [0.1, 0.15) is 5.76 Å². The van der Waals surface area contributed by atoms with E-state index in [2.05, 4.69) is 5.32 Å². The van der Waals surface area contributed by atoms with Crippen molar-refractivity contribution in [2.75, 3.05) is 6.67 Å². The molecule has 6 nitrogen and oxygen atoms in total. The Morgan fingerprint density at radius 2 is 2.06 bits per heavy atom. The lowest BCUT2D eigenvalue weighted by Crippen LogP contribution is -2.72. The molecule has 1 aromatic carbocycles. The van der Waals surface area contributed by atoms with Crippen molar-refractivity contribution in [1.29, 1.82) is 5.26 Å². The number of nitrogens with zero attached hydrogens (tertiary/aromatic N) is 2. The summed E-state index contributed by atoms with van der Waals surface area (Å²) in [5, 5.41) is 22.5. The Labute approximate surface area is 180 Å². The minimum absolute atomic E-state index is 0.0117. The van der Waals surface area contributed by atoms with Crippen LogP contribution in [-0.4, -0.2) is 46.1 Å². The molecule has 0 amide bonds. The quantitative estimate of drug-likeness (QED) is 0.687. The molecule has 5 rings (SSSR count). The molecule has 2 bridgehead atoms. The van der Waals surface area contributed by atoms with Gasteiger partial charge in [-0.15, -0.1) is 0 Å². The van der Waals surface area contributed by atoms with Gasteiger partial charge in [-0.1, -0.05) is 18.9 Å². The Morgan fingerprint density at radius 1 is 1.31 bits per heavy atom. The molecule has 4 atom stereocenters. The molecule has 32 heavy (non-hydrogen) atoms. The molecule has 2 fully saturated rings. The third kappa shape index (κ3) is 2.61. The number of nitrogens with one attached hydrogen (secondary N) is 1. The molecule has 1 saturated carbocycles. The Kier molecular flexibility index (Phi) is 4.45. The Balaban J connectivity index is 1.62. The van der Waals surface area contributed by atoms with Crippen molar-refractivity contribution in [1.82, 2.24) is 10.2 Å². The first kappa shape index (κ1) is 21.0. The van der Waals surface area contributed by atoms with E-state index in [1.54, 1.807) is 0 Å². The number of rotatable bonds is 3. The van der Waals surface area contributed by atoms with Crippen molar-refractivity contribution in [3.63, 3.8) is 0 Å². The smallest absolute Gasteiger partial charge is 0.417 e. The summed E-state index contributed by atoms with van der Waals surface area (Å²) in [4.78, 5) is 14.1. The van der Waals surface area contributed by atoms with E-state index in [1.165, 1.54) is 29.2 Å². The monoisotopic (exact) mass is 449 g/mol. The number of hydrogen-bond acceptors (Lipinski definition) is 5. The van der Waals surface area contributed by atoms with Crippen LogP contribution in [-0.2, 0) is 15.7 Å². The summed E-state index contributed by atoms with van der Waals surface area (Å²) < 4.78 is 62.3. The van der Waals surface area contributed by atoms with Gasteiger partial charge in [0.05, 0.1) is 29.4 Å². The second-order valence-electron chi connectivity index (χ2n) is 8.50. The minimum atomic E-state index is -4.83. The third-order valence-electron chi connectivity index (χ3n) is 6.95. The molecule has 10 heteroatoms. The van der Waals surface area contributed by atoms with Gasteiger partial charge in [-0.05, 0) is 42.7 Å². The largest absolute Gasteiger partial charge is 0.479 e. The van der Waals surface area contributed by atoms with E-state index >= 15 is 4.39 Å². The molecule has 2 aliphatic heterocycles. The SMILES string of the molecule is N#Cc1ccc(C2=C3C=CC(C(=O)O)(N4CN[C@@H]5CCCC[C@H]54)C2(F)O3)cc1C(F)(F)F. The number of carboxylic acids is 1. The van der Waals surface area contributed by atoms with E-state index in [1.807, 2.05) is 0 Å². The second kappa shape index (κ2) is 6.80. The number of allylic oxidation sites excluding steroid dienone is 1. The molecule has 1 saturated heterocycles. The first-order valence-corrected chi connectivity index (χ1v) is 10.3. The highest BCUT2D eigenvalue weighted by Gasteiger charge is 2.73. The number of carboxylic acid groups (broad SMARTS) is 1. The van der Waals surface area contributed by atoms with Gasteiger partial charge in [0.25, 0.3) is 0 Å². The number of benzene rings is 1. The zero-order valence-corrected chi connectivity index (χ0v) is 16.7. The number of halogens is 4. The molecule has 2 aliphatic carbocycles. The van der Waals surface area contributed by atoms with Crippen molar-refractivity contribution in [3.8, 4) is 6.07 Å². The number of aliphatic carboxylic acids is 1. The van der Waals surface area contributed by atoms with Gasteiger partial charge >= 0.3 is 18.0 Å². The van der Waals surface area contributed by atoms with Gasteiger partial charge in [-0.2, -0.15) is 22.8 Å². The van der Waals surface area contributed by atoms with Crippen LogP contribution in [0.15, 0.2) is 36.1 Å². The summed E-state index contributed by atoms with van der Waals surface area (Å²) in [6, 6.07) is 4.10. The first-order valence-electron chi connectivity index (χ1n) is 10.3. The van der Waals surface area contributed by atoms with E-state index < -0.39 is 34.7 Å². The van der Waals surface area contributed by atoms with Crippen molar-refractivity contribution in [2.45, 2.75) is 55.3 Å². The Hall–Kier alpha value is -2.90. The predicted octanol–water partition coefficient (Wildman–Crippen LogP) is 3.55. The predicted molar refractivity (Wildman–Crippen MR) is 103 cm³/mol. The van der Waals surface area contributed by atoms with Gasteiger partial charge in [0.2, 0.25) is 5.54 Å². The van der Waals surface area contributed by atoms with Crippen LogP contribution in [0.2, 0.25) is 0 Å². The van der Waals surface area contributed by atoms with Crippen molar-refractivity contribution in [2.24, 2.45) is 0 Å². The molecule has 0 spiro atoms. The Bertz CT molecular complexity index is 1110. The fourth-order valence-electron chi connectivity index (χ4n) is 5.47. The van der Waals surface area contributed by atoms with Gasteiger partial charge in [0, 0.05) is 12.1 Å². The van der Waals surface area contributed by atoms with E-state index in [-0.39, 0.29) is 35.6 Å². The lowest BCUT2D eigenvalue weighted by molar-refractivity contribution is -0.204. The second-order valence-corrected chi connectivity index (χ2v) is 8.50. The number of ether oxygens (including phenoxy) is 1.